The summed E-state index contributed by atoms with van der Waals surface area (Å²) >= 11 is 6.48. The predicted molar refractivity (Wildman–Crippen MR) is 170 cm³/mol. The zero-order chi connectivity index (χ0) is 32.7. The van der Waals surface area contributed by atoms with Gasteiger partial charge in [0.1, 0.15) is 5.82 Å². The van der Waals surface area contributed by atoms with E-state index in [4.69, 9.17) is 18.2 Å². The highest BCUT2D eigenvalue weighted by Crippen LogP contribution is 2.45. The lowest BCUT2D eigenvalue weighted by Gasteiger charge is -2.16. The summed E-state index contributed by atoms with van der Waals surface area (Å²) in [5.41, 5.74) is 2.27. The molecule has 0 unspecified atom stereocenters. The number of aromatic nitrogens is 1. The Morgan fingerprint density at radius 3 is 2.22 bits per heavy atom. The number of hydrogen-bond donors (Lipinski definition) is 1. The zero-order valence-electron chi connectivity index (χ0n) is 23.5. The monoisotopic (exact) mass is 656 g/mol. The van der Waals surface area contributed by atoms with Crippen molar-refractivity contribution in [2.75, 3.05) is 0 Å². The molecule has 0 aliphatic carbocycles. The van der Waals surface area contributed by atoms with Crippen molar-refractivity contribution in [3.63, 3.8) is 0 Å². The highest BCUT2D eigenvalue weighted by Gasteiger charge is 2.29. The topological polar surface area (TPSA) is 80.7 Å². The molecule has 0 atom stereocenters. The van der Waals surface area contributed by atoms with Crippen LogP contribution in [0.4, 0.5) is 18.9 Å². The van der Waals surface area contributed by atoms with Gasteiger partial charge >= 0.3 is 5.97 Å². The molecule has 0 bridgehead atoms. The molecule has 0 saturated heterocycles. The molecule has 6 rings (SSSR count). The number of alkyl halides is 2. The lowest BCUT2D eigenvalue weighted by atomic mass is 9.95. The summed E-state index contributed by atoms with van der Waals surface area (Å²) in [4.78, 5) is 14.7. The van der Waals surface area contributed by atoms with Crippen molar-refractivity contribution in [3.8, 4) is 33.5 Å². The number of aromatic carboxylic acids is 1. The van der Waals surface area contributed by atoms with Gasteiger partial charge in [0, 0.05) is 32.7 Å². The molecular weight excluding hydrogens is 637 g/mol. The second kappa shape index (κ2) is 11.9. The van der Waals surface area contributed by atoms with Crippen LogP contribution in [0.15, 0.2) is 114 Å². The minimum atomic E-state index is -4.51. The largest absolute Gasteiger partial charge is 0.478 e. The van der Waals surface area contributed by atoms with E-state index in [0.717, 1.165) is 34.3 Å². The van der Waals surface area contributed by atoms with Crippen LogP contribution >= 0.6 is 11.6 Å². The Balaban J connectivity index is 1.70. The van der Waals surface area contributed by atoms with Crippen LogP contribution in [0.2, 0.25) is 5.02 Å². The Labute approximate surface area is 266 Å². The smallest absolute Gasteiger partial charge is 0.335 e. The molecule has 1 heterocycles. The number of rotatable bonds is 7. The molecular formula is C35H20ClF3N2O4S. The van der Waals surface area contributed by atoms with Crippen molar-refractivity contribution < 1.29 is 31.5 Å². The Morgan fingerprint density at radius 1 is 0.848 bits per heavy atom. The van der Waals surface area contributed by atoms with E-state index in [-0.39, 0.29) is 43.3 Å². The summed E-state index contributed by atoms with van der Waals surface area (Å²) in [5.74, 6) is -1.78. The second-order valence-electron chi connectivity index (χ2n) is 10.3. The van der Waals surface area contributed by atoms with Crippen LogP contribution in [-0.2, 0) is 10.0 Å². The van der Waals surface area contributed by atoms with Crippen LogP contribution in [0.25, 0.3) is 49.3 Å². The fourth-order valence-electron chi connectivity index (χ4n) is 5.38. The van der Waals surface area contributed by atoms with Crippen molar-refractivity contribution in [3.05, 3.63) is 143 Å². The maximum absolute atomic E-state index is 14.8. The Kier molecular flexibility index (Phi) is 7.90. The molecule has 0 radical (unpaired) electrons. The molecule has 0 aliphatic heterocycles. The maximum Gasteiger partial charge on any atom is 0.335 e. The highest BCUT2D eigenvalue weighted by atomic mass is 35.5. The lowest BCUT2D eigenvalue weighted by Crippen LogP contribution is -2.14. The van der Waals surface area contributed by atoms with Crippen LogP contribution in [-0.4, -0.2) is 23.5 Å². The Morgan fingerprint density at radius 2 is 1.54 bits per heavy atom. The van der Waals surface area contributed by atoms with Gasteiger partial charge in [-0.05, 0) is 65.7 Å². The van der Waals surface area contributed by atoms with Gasteiger partial charge < -0.3 is 5.11 Å². The number of carbonyl (C=O) groups is 1. The van der Waals surface area contributed by atoms with Gasteiger partial charge in [0.25, 0.3) is 16.4 Å². The predicted octanol–water partition coefficient (Wildman–Crippen LogP) is 9.86. The van der Waals surface area contributed by atoms with Gasteiger partial charge in [-0.2, -0.15) is 0 Å². The quantitative estimate of drug-likeness (QED) is 0.174. The first-order valence-electron chi connectivity index (χ1n) is 13.6. The molecule has 5 aromatic carbocycles. The number of carboxylic acids is 1. The van der Waals surface area contributed by atoms with E-state index in [2.05, 4.69) is 4.85 Å². The van der Waals surface area contributed by atoms with Gasteiger partial charge in [-0.25, -0.2) is 35.2 Å². The fourth-order valence-corrected chi connectivity index (χ4v) is 7.21. The van der Waals surface area contributed by atoms with Gasteiger partial charge in [0.05, 0.1) is 28.2 Å². The number of fused-ring (bicyclic) bond motifs is 1. The average Bonchev–Trinajstić information content (AvgIpc) is 3.40. The van der Waals surface area contributed by atoms with E-state index in [9.17, 15) is 31.5 Å². The minimum Gasteiger partial charge on any atom is -0.478 e. The number of hydrogen-bond acceptors (Lipinski definition) is 3. The molecule has 1 N–H and O–H groups in total. The molecule has 0 saturated carbocycles. The van der Waals surface area contributed by atoms with Crippen LogP contribution in [0.5, 0.6) is 0 Å². The van der Waals surface area contributed by atoms with Gasteiger partial charge in [0.2, 0.25) is 0 Å². The summed E-state index contributed by atoms with van der Waals surface area (Å²) in [6.45, 7) is 7.53. The summed E-state index contributed by atoms with van der Waals surface area (Å²) in [6.07, 6.45) is -2.80. The third kappa shape index (κ3) is 5.40. The fraction of sp³-hybridized carbons (Fsp3) is 0.0286. The third-order valence-electron chi connectivity index (χ3n) is 7.48. The first kappa shape index (κ1) is 30.6. The van der Waals surface area contributed by atoms with Crippen molar-refractivity contribution >= 4 is 44.2 Å². The second-order valence-corrected chi connectivity index (χ2v) is 12.5. The molecule has 6 nitrogen and oxygen atoms in total. The van der Waals surface area contributed by atoms with Crippen molar-refractivity contribution in [1.82, 2.24) is 3.97 Å². The lowest BCUT2D eigenvalue weighted by molar-refractivity contribution is 0.0697. The van der Waals surface area contributed by atoms with Crippen LogP contribution < -0.4 is 0 Å². The number of benzene rings is 5. The minimum absolute atomic E-state index is 0.0158. The molecule has 46 heavy (non-hydrogen) atoms. The number of nitrogens with zero attached hydrogens (tertiary/aromatic N) is 2. The number of halogens is 4. The molecule has 0 fully saturated rings. The Hall–Kier alpha value is -5.37. The molecule has 11 heteroatoms. The van der Waals surface area contributed by atoms with Crippen molar-refractivity contribution in [1.29, 1.82) is 0 Å². The zero-order valence-corrected chi connectivity index (χ0v) is 25.0. The molecule has 0 amide bonds. The average molecular weight is 657 g/mol. The van der Waals surface area contributed by atoms with Crippen LogP contribution in [0, 0.1) is 12.4 Å². The SMILES string of the molecule is [C-]#[N+]c1cccc(-c2c(-c3cccc(-c4ccc(C(=O)O)cc4Cl)c3)n(S(=O)(=O)c3ccc(C(F)F)cc3)c3ccc(F)cc23)c1. The summed E-state index contributed by atoms with van der Waals surface area (Å²) in [5, 5.41) is 9.76. The van der Waals surface area contributed by atoms with Gasteiger partial charge in [-0.3, -0.25) is 0 Å². The van der Waals surface area contributed by atoms with Gasteiger partial charge in [-0.15, -0.1) is 0 Å². The summed E-state index contributed by atoms with van der Waals surface area (Å²) < 4.78 is 71.4. The molecule has 0 spiro atoms. The standard InChI is InChI=1S/C35H20ClF3N2O4S/c1-40-26-7-3-5-22(17-26)32-29-19-25(37)11-15-31(29)41(46(44,45)27-12-8-20(9-13-27)34(38)39)33(32)23-6-2-4-21(16-23)28-14-10-24(35(42)43)18-30(28)36/h2-19,34H,(H,42,43). The van der Waals surface area contributed by atoms with Crippen molar-refractivity contribution in [2.24, 2.45) is 0 Å². The normalized spacial score (nSPS) is 11.6. The van der Waals surface area contributed by atoms with Crippen LogP contribution in [0.3, 0.4) is 0 Å². The van der Waals surface area contributed by atoms with Crippen LogP contribution in [0.1, 0.15) is 22.3 Å². The van der Waals surface area contributed by atoms with E-state index in [1.165, 1.54) is 30.3 Å². The van der Waals surface area contributed by atoms with Gasteiger partial charge in [-0.1, -0.05) is 66.2 Å². The molecule has 1 aromatic heterocycles. The van der Waals surface area contributed by atoms with E-state index in [1.54, 1.807) is 48.5 Å². The van der Waals surface area contributed by atoms with E-state index in [1.807, 2.05) is 0 Å². The molecule has 0 aliphatic rings. The van der Waals surface area contributed by atoms with Crippen molar-refractivity contribution in [2.45, 2.75) is 11.3 Å². The van der Waals surface area contributed by atoms with E-state index >= 15 is 0 Å². The Bertz CT molecular complexity index is 2330. The molecule has 6 aromatic rings. The van der Waals surface area contributed by atoms with Gasteiger partial charge in [0.15, 0.2) is 5.69 Å². The first-order valence-corrected chi connectivity index (χ1v) is 15.4. The van der Waals surface area contributed by atoms with E-state index < -0.39 is 28.2 Å². The highest BCUT2D eigenvalue weighted by molar-refractivity contribution is 7.90. The summed E-state index contributed by atoms with van der Waals surface area (Å²) in [6, 6.07) is 25.3. The van der Waals surface area contributed by atoms with E-state index in [0.29, 0.717) is 27.8 Å². The molecule has 228 valence electrons. The third-order valence-corrected chi connectivity index (χ3v) is 9.52. The summed E-state index contributed by atoms with van der Waals surface area (Å²) in [7, 11) is -4.51. The first-order chi connectivity index (χ1) is 22.0. The maximum atomic E-state index is 14.8. The number of carboxylic acid groups (broad SMARTS) is 1.